The molecule has 2 aromatic rings. The highest BCUT2D eigenvalue weighted by molar-refractivity contribution is 7.91. The Labute approximate surface area is 113 Å². The molecule has 0 spiro atoms. The Balaban J connectivity index is 2.21. The van der Waals surface area contributed by atoms with Crippen LogP contribution in [0.1, 0.15) is 11.3 Å². The number of anilines is 1. The molecule has 2 rings (SSSR count). The molecule has 0 amide bonds. The van der Waals surface area contributed by atoms with Crippen molar-refractivity contribution >= 4 is 15.5 Å². The predicted octanol–water partition coefficient (Wildman–Crippen LogP) is 1.99. The number of rotatable bonds is 4. The first-order chi connectivity index (χ1) is 8.99. The number of nitrogens with zero attached hydrogens (tertiary/aromatic N) is 1. The molecule has 0 aliphatic carbocycles. The van der Waals surface area contributed by atoms with Gasteiger partial charge in [0, 0.05) is 24.0 Å². The SMILES string of the molecule is Cc1ccc(N)cc1S(=O)(=O)CCc1ccccn1. The molecule has 0 aliphatic rings. The number of hydrogen-bond donors (Lipinski definition) is 1. The fourth-order valence-electron chi connectivity index (χ4n) is 1.85. The van der Waals surface area contributed by atoms with Crippen LogP contribution in [-0.4, -0.2) is 19.2 Å². The molecule has 2 N–H and O–H groups in total. The molecule has 1 aromatic carbocycles. The lowest BCUT2D eigenvalue weighted by molar-refractivity contribution is 0.594. The molecule has 1 heterocycles. The van der Waals surface area contributed by atoms with Crippen LogP contribution in [0, 0.1) is 6.92 Å². The van der Waals surface area contributed by atoms with Gasteiger partial charge in [0.15, 0.2) is 9.84 Å². The molecule has 0 radical (unpaired) electrons. The van der Waals surface area contributed by atoms with Crippen molar-refractivity contribution in [2.45, 2.75) is 18.2 Å². The minimum absolute atomic E-state index is 0.0360. The molecule has 1 aromatic heterocycles. The van der Waals surface area contributed by atoms with Crippen molar-refractivity contribution in [3.63, 3.8) is 0 Å². The molecule has 0 saturated carbocycles. The van der Waals surface area contributed by atoms with Crippen LogP contribution in [0.5, 0.6) is 0 Å². The molecular formula is C14H16N2O2S. The second-order valence-corrected chi connectivity index (χ2v) is 6.49. The van der Waals surface area contributed by atoms with E-state index in [0.717, 1.165) is 11.3 Å². The number of nitrogens with two attached hydrogens (primary N) is 1. The number of aromatic nitrogens is 1. The monoisotopic (exact) mass is 276 g/mol. The van der Waals surface area contributed by atoms with E-state index < -0.39 is 9.84 Å². The molecule has 100 valence electrons. The average molecular weight is 276 g/mol. The van der Waals surface area contributed by atoms with E-state index in [1.807, 2.05) is 12.1 Å². The van der Waals surface area contributed by atoms with Gasteiger partial charge >= 0.3 is 0 Å². The molecule has 19 heavy (non-hydrogen) atoms. The van der Waals surface area contributed by atoms with E-state index in [0.29, 0.717) is 17.0 Å². The van der Waals surface area contributed by atoms with Crippen LogP contribution in [0.25, 0.3) is 0 Å². The van der Waals surface area contributed by atoms with Gasteiger partial charge in [-0.25, -0.2) is 8.42 Å². The van der Waals surface area contributed by atoms with Gasteiger partial charge in [-0.3, -0.25) is 4.98 Å². The number of sulfone groups is 1. The van der Waals surface area contributed by atoms with Crippen molar-refractivity contribution in [2.24, 2.45) is 0 Å². The first kappa shape index (κ1) is 13.5. The third kappa shape index (κ3) is 3.32. The summed E-state index contributed by atoms with van der Waals surface area (Å²) in [5.41, 5.74) is 7.60. The van der Waals surface area contributed by atoms with Crippen molar-refractivity contribution in [2.75, 3.05) is 11.5 Å². The van der Waals surface area contributed by atoms with Crippen LogP contribution in [-0.2, 0) is 16.3 Å². The van der Waals surface area contributed by atoms with Gasteiger partial charge in [0.1, 0.15) is 0 Å². The lowest BCUT2D eigenvalue weighted by atomic mass is 10.2. The van der Waals surface area contributed by atoms with Crippen LogP contribution in [0.3, 0.4) is 0 Å². The summed E-state index contributed by atoms with van der Waals surface area (Å²) in [6.07, 6.45) is 2.06. The minimum Gasteiger partial charge on any atom is -0.399 e. The quantitative estimate of drug-likeness (QED) is 0.867. The number of benzene rings is 1. The standard InChI is InChI=1S/C14H16N2O2S/c1-11-5-6-12(15)10-14(11)19(17,18)9-7-13-4-2-3-8-16-13/h2-6,8,10H,7,9,15H2,1H3. The van der Waals surface area contributed by atoms with Gasteiger partial charge in [-0.1, -0.05) is 12.1 Å². The summed E-state index contributed by atoms with van der Waals surface area (Å²) < 4.78 is 24.6. The summed E-state index contributed by atoms with van der Waals surface area (Å²) in [6, 6.07) is 10.4. The fourth-order valence-corrected chi connectivity index (χ4v) is 3.42. The lowest BCUT2D eigenvalue weighted by Crippen LogP contribution is -2.11. The highest BCUT2D eigenvalue weighted by Gasteiger charge is 2.17. The Morgan fingerprint density at radius 1 is 1.21 bits per heavy atom. The maximum absolute atomic E-state index is 12.3. The van der Waals surface area contributed by atoms with Crippen molar-refractivity contribution in [3.05, 3.63) is 53.9 Å². The summed E-state index contributed by atoms with van der Waals surface area (Å²) >= 11 is 0. The third-order valence-corrected chi connectivity index (χ3v) is 4.75. The Hall–Kier alpha value is -1.88. The summed E-state index contributed by atoms with van der Waals surface area (Å²) in [4.78, 5) is 4.44. The Morgan fingerprint density at radius 3 is 2.68 bits per heavy atom. The van der Waals surface area contributed by atoms with Crippen molar-refractivity contribution in [3.8, 4) is 0 Å². The average Bonchev–Trinajstić information content (AvgIpc) is 2.40. The molecule has 0 bridgehead atoms. The first-order valence-electron chi connectivity index (χ1n) is 5.98. The van der Waals surface area contributed by atoms with Crippen LogP contribution in [0.15, 0.2) is 47.5 Å². The van der Waals surface area contributed by atoms with Crippen LogP contribution < -0.4 is 5.73 Å². The topological polar surface area (TPSA) is 73.1 Å². The number of hydrogen-bond acceptors (Lipinski definition) is 4. The summed E-state index contributed by atoms with van der Waals surface area (Å²) in [5, 5.41) is 0. The number of pyridine rings is 1. The Kier molecular flexibility index (Phi) is 3.85. The smallest absolute Gasteiger partial charge is 0.179 e. The minimum atomic E-state index is -3.33. The number of nitrogen functional groups attached to an aromatic ring is 1. The lowest BCUT2D eigenvalue weighted by Gasteiger charge is -2.08. The van der Waals surface area contributed by atoms with Crippen LogP contribution >= 0.6 is 0 Å². The van der Waals surface area contributed by atoms with E-state index in [1.165, 1.54) is 6.07 Å². The van der Waals surface area contributed by atoms with Crippen molar-refractivity contribution in [1.82, 2.24) is 4.98 Å². The van der Waals surface area contributed by atoms with Gasteiger partial charge in [0.2, 0.25) is 0 Å². The predicted molar refractivity (Wildman–Crippen MR) is 75.6 cm³/mol. The van der Waals surface area contributed by atoms with E-state index in [-0.39, 0.29) is 5.75 Å². The summed E-state index contributed by atoms with van der Waals surface area (Å²) in [6.45, 7) is 1.77. The molecule has 0 saturated heterocycles. The highest BCUT2D eigenvalue weighted by atomic mass is 32.2. The zero-order chi connectivity index (χ0) is 13.9. The van der Waals surface area contributed by atoms with E-state index in [2.05, 4.69) is 4.98 Å². The second kappa shape index (κ2) is 5.40. The summed E-state index contributed by atoms with van der Waals surface area (Å²) in [5.74, 6) is 0.0360. The first-order valence-corrected chi connectivity index (χ1v) is 7.63. The van der Waals surface area contributed by atoms with Gasteiger partial charge in [-0.2, -0.15) is 0 Å². The van der Waals surface area contributed by atoms with Crippen LogP contribution in [0.2, 0.25) is 0 Å². The zero-order valence-electron chi connectivity index (χ0n) is 10.7. The van der Waals surface area contributed by atoms with Gasteiger partial charge in [0.25, 0.3) is 0 Å². The Bertz CT molecular complexity index is 667. The summed E-state index contributed by atoms with van der Waals surface area (Å²) in [7, 11) is -3.33. The molecule has 5 heteroatoms. The molecular weight excluding hydrogens is 260 g/mol. The van der Waals surface area contributed by atoms with Crippen LogP contribution in [0.4, 0.5) is 5.69 Å². The van der Waals surface area contributed by atoms with E-state index >= 15 is 0 Å². The van der Waals surface area contributed by atoms with Gasteiger partial charge in [0.05, 0.1) is 10.6 Å². The largest absolute Gasteiger partial charge is 0.399 e. The maximum atomic E-state index is 12.3. The third-order valence-electron chi connectivity index (χ3n) is 2.90. The molecule has 0 fully saturated rings. The normalized spacial score (nSPS) is 11.4. The molecule has 0 atom stereocenters. The molecule has 0 unspecified atom stereocenters. The van der Waals surface area contributed by atoms with Gasteiger partial charge < -0.3 is 5.73 Å². The van der Waals surface area contributed by atoms with E-state index in [9.17, 15) is 8.42 Å². The maximum Gasteiger partial charge on any atom is 0.179 e. The van der Waals surface area contributed by atoms with Crippen molar-refractivity contribution in [1.29, 1.82) is 0 Å². The second-order valence-electron chi connectivity index (χ2n) is 4.41. The zero-order valence-corrected chi connectivity index (χ0v) is 11.5. The van der Waals surface area contributed by atoms with Gasteiger partial charge in [-0.15, -0.1) is 0 Å². The fraction of sp³-hybridized carbons (Fsp3) is 0.214. The molecule has 4 nitrogen and oxygen atoms in total. The number of aryl methyl sites for hydroxylation is 2. The van der Waals surface area contributed by atoms with E-state index in [1.54, 1.807) is 31.3 Å². The van der Waals surface area contributed by atoms with Gasteiger partial charge in [-0.05, 0) is 36.8 Å². The Morgan fingerprint density at radius 2 is 2.00 bits per heavy atom. The molecule has 0 aliphatic heterocycles. The van der Waals surface area contributed by atoms with E-state index in [4.69, 9.17) is 5.73 Å². The van der Waals surface area contributed by atoms with Crippen molar-refractivity contribution < 1.29 is 8.42 Å². The highest BCUT2D eigenvalue weighted by Crippen LogP contribution is 2.20.